The van der Waals surface area contributed by atoms with E-state index in [4.69, 9.17) is 0 Å². The zero-order valence-electron chi connectivity index (χ0n) is 15.9. The second kappa shape index (κ2) is 7.09. The van der Waals surface area contributed by atoms with E-state index in [1.54, 1.807) is 18.2 Å². The lowest BCUT2D eigenvalue weighted by Crippen LogP contribution is -2.50. The number of nitrogens with one attached hydrogen (secondary N) is 1. The first-order valence-electron chi connectivity index (χ1n) is 9.23. The molecule has 7 nitrogen and oxygen atoms in total. The van der Waals surface area contributed by atoms with Crippen molar-refractivity contribution in [1.29, 1.82) is 0 Å². The molecule has 28 heavy (non-hydrogen) atoms. The van der Waals surface area contributed by atoms with E-state index in [2.05, 4.69) is 10.2 Å². The minimum Gasteiger partial charge on any atom is -0.315 e. The summed E-state index contributed by atoms with van der Waals surface area (Å²) in [5.41, 5.74) is 2.28. The van der Waals surface area contributed by atoms with Crippen molar-refractivity contribution in [3.05, 3.63) is 65.2 Å². The monoisotopic (exact) mass is 378 g/mol. The normalized spacial score (nSPS) is 19.7. The third kappa shape index (κ3) is 3.14. The third-order valence-corrected chi connectivity index (χ3v) is 5.37. The summed E-state index contributed by atoms with van der Waals surface area (Å²) in [6, 6.07) is 14.5. The molecule has 1 saturated heterocycles. The third-order valence-electron chi connectivity index (χ3n) is 5.37. The van der Waals surface area contributed by atoms with Crippen molar-refractivity contribution in [3.63, 3.8) is 0 Å². The highest BCUT2D eigenvalue weighted by molar-refractivity contribution is 6.21. The number of nitrogens with zero attached hydrogens (tertiary/aromatic N) is 3. The van der Waals surface area contributed by atoms with Gasteiger partial charge in [-0.15, -0.1) is 0 Å². The van der Waals surface area contributed by atoms with E-state index in [1.165, 1.54) is 7.05 Å². The second-order valence-corrected chi connectivity index (χ2v) is 7.24. The largest absolute Gasteiger partial charge is 0.322 e. The van der Waals surface area contributed by atoms with E-state index >= 15 is 0 Å². The van der Waals surface area contributed by atoms with Crippen molar-refractivity contribution in [2.45, 2.75) is 6.04 Å². The second-order valence-electron chi connectivity index (χ2n) is 7.24. The molecule has 1 fully saturated rings. The van der Waals surface area contributed by atoms with Gasteiger partial charge < -0.3 is 15.1 Å². The molecule has 144 valence electrons. The Kier molecular flexibility index (Phi) is 4.60. The maximum atomic E-state index is 13.0. The molecule has 0 aliphatic carbocycles. The lowest BCUT2D eigenvalue weighted by molar-refractivity contribution is 0.0693. The molecule has 2 aliphatic rings. The smallest absolute Gasteiger partial charge is 0.315 e. The maximum Gasteiger partial charge on any atom is 0.322 e. The molecule has 4 rings (SSSR count). The van der Waals surface area contributed by atoms with Crippen LogP contribution in [0.25, 0.3) is 0 Å². The highest BCUT2D eigenvalue weighted by Gasteiger charge is 2.34. The molecule has 0 spiro atoms. The topological polar surface area (TPSA) is 73.0 Å². The van der Waals surface area contributed by atoms with Crippen LogP contribution in [0.4, 0.5) is 10.5 Å². The van der Waals surface area contributed by atoms with Gasteiger partial charge in [0.05, 0.1) is 17.2 Å². The number of amides is 4. The van der Waals surface area contributed by atoms with Crippen LogP contribution in [0.5, 0.6) is 0 Å². The van der Waals surface area contributed by atoms with Crippen LogP contribution in [0.1, 0.15) is 32.3 Å². The molecule has 2 aliphatic heterocycles. The molecule has 0 radical (unpaired) electrons. The highest BCUT2D eigenvalue weighted by Crippen LogP contribution is 2.28. The number of fused-ring (bicyclic) bond motifs is 1. The van der Waals surface area contributed by atoms with E-state index in [1.807, 2.05) is 42.3 Å². The quantitative estimate of drug-likeness (QED) is 0.815. The van der Waals surface area contributed by atoms with E-state index in [0.29, 0.717) is 23.4 Å². The van der Waals surface area contributed by atoms with Crippen molar-refractivity contribution in [1.82, 2.24) is 14.7 Å². The minimum absolute atomic E-state index is 0.0521. The number of carbonyl (C=O) groups excluding carboxylic acids is 3. The molecular weight excluding hydrogens is 356 g/mol. The lowest BCUT2D eigenvalue weighted by atomic mass is 10.0. The summed E-state index contributed by atoms with van der Waals surface area (Å²) in [5, 5.41) is 2.89. The number of likely N-dealkylation sites (N-methyl/N-ethyl adjacent to an activating group) is 1. The first kappa shape index (κ1) is 18.2. The Labute approximate surface area is 163 Å². The van der Waals surface area contributed by atoms with Crippen LogP contribution in [0.2, 0.25) is 0 Å². The number of benzene rings is 2. The van der Waals surface area contributed by atoms with Gasteiger partial charge in [0.1, 0.15) is 0 Å². The summed E-state index contributed by atoms with van der Waals surface area (Å²) < 4.78 is 0. The SMILES string of the molecule is CN1CCN(C(=O)Nc2ccc3c(c2)C(=O)N(C)C3=O)[C@H](c2ccccc2)C1. The van der Waals surface area contributed by atoms with Gasteiger partial charge in [-0.1, -0.05) is 30.3 Å². The number of imide groups is 1. The van der Waals surface area contributed by atoms with E-state index in [9.17, 15) is 14.4 Å². The lowest BCUT2D eigenvalue weighted by Gasteiger charge is -2.40. The average Bonchev–Trinajstić information content (AvgIpc) is 2.92. The molecule has 2 aromatic carbocycles. The van der Waals surface area contributed by atoms with Gasteiger partial charge in [-0.05, 0) is 30.8 Å². The van der Waals surface area contributed by atoms with Gasteiger partial charge in [0, 0.05) is 32.4 Å². The number of anilines is 1. The number of hydrogen-bond donors (Lipinski definition) is 1. The standard InChI is InChI=1S/C21H22N4O3/c1-23-10-11-25(18(13-23)14-6-4-3-5-7-14)21(28)22-15-8-9-16-17(12-15)20(27)24(2)19(16)26/h3-9,12,18H,10-11,13H2,1-2H3,(H,22,28)/t18-/m0/s1. The predicted molar refractivity (Wildman–Crippen MR) is 105 cm³/mol. The number of piperazine rings is 1. The summed E-state index contributed by atoms with van der Waals surface area (Å²) in [4.78, 5) is 42.3. The molecule has 0 saturated carbocycles. The molecule has 2 aromatic rings. The zero-order chi connectivity index (χ0) is 19.8. The summed E-state index contributed by atoms with van der Waals surface area (Å²) in [6.45, 7) is 2.14. The Morgan fingerprint density at radius 2 is 1.68 bits per heavy atom. The van der Waals surface area contributed by atoms with Crippen LogP contribution in [-0.4, -0.2) is 66.3 Å². The summed E-state index contributed by atoms with van der Waals surface area (Å²) in [5.74, 6) is -0.668. The van der Waals surface area contributed by atoms with Gasteiger partial charge in [0.25, 0.3) is 11.8 Å². The number of carbonyl (C=O) groups is 3. The molecule has 7 heteroatoms. The summed E-state index contributed by atoms with van der Waals surface area (Å²) in [7, 11) is 3.50. The summed E-state index contributed by atoms with van der Waals surface area (Å²) in [6.07, 6.45) is 0. The van der Waals surface area contributed by atoms with E-state index in [0.717, 1.165) is 23.6 Å². The Morgan fingerprint density at radius 3 is 2.43 bits per heavy atom. The maximum absolute atomic E-state index is 13.0. The van der Waals surface area contributed by atoms with E-state index in [-0.39, 0.29) is 23.9 Å². The fourth-order valence-corrected chi connectivity index (χ4v) is 3.76. The molecule has 1 N–H and O–H groups in total. The van der Waals surface area contributed by atoms with Gasteiger partial charge >= 0.3 is 6.03 Å². The Morgan fingerprint density at radius 1 is 0.964 bits per heavy atom. The van der Waals surface area contributed by atoms with Gasteiger partial charge in [0.15, 0.2) is 0 Å². The van der Waals surface area contributed by atoms with Crippen LogP contribution in [0, 0.1) is 0 Å². The predicted octanol–water partition coefficient (Wildman–Crippen LogP) is 2.43. The molecule has 0 unspecified atom stereocenters. The van der Waals surface area contributed by atoms with Gasteiger partial charge in [-0.25, -0.2) is 4.79 Å². The summed E-state index contributed by atoms with van der Waals surface area (Å²) >= 11 is 0. The Hall–Kier alpha value is -3.19. The van der Waals surface area contributed by atoms with Crippen LogP contribution in [0.15, 0.2) is 48.5 Å². The Balaban J connectivity index is 1.56. The number of urea groups is 1. The molecule has 1 atom stereocenters. The van der Waals surface area contributed by atoms with Crippen molar-refractivity contribution in [2.24, 2.45) is 0 Å². The molecule has 4 amide bonds. The first-order chi connectivity index (χ1) is 13.5. The van der Waals surface area contributed by atoms with Crippen molar-refractivity contribution in [2.75, 3.05) is 39.0 Å². The average molecular weight is 378 g/mol. The highest BCUT2D eigenvalue weighted by atomic mass is 16.2. The molecule has 0 aromatic heterocycles. The molecule has 2 heterocycles. The van der Waals surface area contributed by atoms with Crippen molar-refractivity contribution in [3.8, 4) is 0 Å². The fraction of sp³-hybridized carbons (Fsp3) is 0.286. The van der Waals surface area contributed by atoms with Crippen LogP contribution in [0.3, 0.4) is 0 Å². The van der Waals surface area contributed by atoms with E-state index < -0.39 is 0 Å². The number of rotatable bonds is 2. The fourth-order valence-electron chi connectivity index (χ4n) is 3.76. The van der Waals surface area contributed by atoms with Gasteiger partial charge in [0.2, 0.25) is 0 Å². The Bertz CT molecular complexity index is 944. The first-order valence-corrected chi connectivity index (χ1v) is 9.23. The molecular formula is C21H22N4O3. The van der Waals surface area contributed by atoms with Gasteiger partial charge in [-0.3, -0.25) is 14.5 Å². The molecule has 0 bridgehead atoms. The van der Waals surface area contributed by atoms with Crippen LogP contribution >= 0.6 is 0 Å². The minimum atomic E-state index is -0.349. The number of hydrogen-bond acceptors (Lipinski definition) is 4. The van der Waals surface area contributed by atoms with Crippen molar-refractivity contribution < 1.29 is 14.4 Å². The van der Waals surface area contributed by atoms with Gasteiger partial charge in [-0.2, -0.15) is 0 Å². The van der Waals surface area contributed by atoms with Crippen LogP contribution in [-0.2, 0) is 0 Å². The van der Waals surface area contributed by atoms with Crippen LogP contribution < -0.4 is 5.32 Å². The van der Waals surface area contributed by atoms with Crippen molar-refractivity contribution >= 4 is 23.5 Å². The zero-order valence-corrected chi connectivity index (χ0v) is 15.9.